The summed E-state index contributed by atoms with van der Waals surface area (Å²) in [6.45, 7) is 3.84. The number of ether oxygens (including phenoxy) is 2. The average Bonchev–Trinajstić information content (AvgIpc) is 3.28. The first-order chi connectivity index (χ1) is 13.8. The molecule has 0 bridgehead atoms. The van der Waals surface area contributed by atoms with Gasteiger partial charge in [-0.3, -0.25) is 9.89 Å². The first-order valence-corrected chi connectivity index (χ1v) is 10.2. The Labute approximate surface area is 167 Å². The molecule has 5 heteroatoms. The third-order valence-electron chi connectivity index (χ3n) is 5.63. The molecule has 2 aromatic rings. The van der Waals surface area contributed by atoms with Crippen LogP contribution in [0, 0.1) is 0 Å². The summed E-state index contributed by atoms with van der Waals surface area (Å²) in [5, 5.41) is 3.09. The number of nitrogens with zero attached hydrogens (tertiary/aromatic N) is 2. The summed E-state index contributed by atoms with van der Waals surface area (Å²) in [7, 11) is 3.64. The van der Waals surface area contributed by atoms with E-state index < -0.39 is 0 Å². The maximum atomic E-state index is 5.75. The molecule has 28 heavy (non-hydrogen) atoms. The van der Waals surface area contributed by atoms with E-state index in [1.54, 1.807) is 7.11 Å². The van der Waals surface area contributed by atoms with Crippen LogP contribution in [0.15, 0.2) is 47.5 Å². The van der Waals surface area contributed by atoms with Crippen LogP contribution in [-0.4, -0.2) is 51.0 Å². The fourth-order valence-electron chi connectivity index (χ4n) is 4.09. The van der Waals surface area contributed by atoms with E-state index in [1.807, 2.05) is 19.2 Å². The molecule has 1 fully saturated rings. The number of likely N-dealkylation sites (N-methyl/N-ethyl adjacent to an activating group) is 1. The summed E-state index contributed by atoms with van der Waals surface area (Å²) in [6.07, 6.45) is 3.51. The van der Waals surface area contributed by atoms with Crippen molar-refractivity contribution in [2.75, 3.05) is 40.4 Å². The van der Waals surface area contributed by atoms with Gasteiger partial charge in [0, 0.05) is 25.1 Å². The number of aliphatic imine (C=N–C) groups is 1. The van der Waals surface area contributed by atoms with Gasteiger partial charge in [0.15, 0.2) is 0 Å². The predicted octanol–water partition coefficient (Wildman–Crippen LogP) is 3.95. The minimum atomic E-state index is 0.391. The number of benzene rings is 2. The van der Waals surface area contributed by atoms with Crippen molar-refractivity contribution in [2.24, 2.45) is 4.99 Å². The predicted molar refractivity (Wildman–Crippen MR) is 113 cm³/mol. The maximum absolute atomic E-state index is 5.75. The molecule has 0 spiro atoms. The number of hydrogen-bond donors (Lipinski definition) is 1. The van der Waals surface area contributed by atoms with Gasteiger partial charge in [0.1, 0.15) is 18.1 Å². The van der Waals surface area contributed by atoms with Crippen LogP contribution >= 0.6 is 0 Å². The van der Waals surface area contributed by atoms with Crippen LogP contribution in [-0.2, 0) is 0 Å². The van der Waals surface area contributed by atoms with Gasteiger partial charge < -0.3 is 14.8 Å². The van der Waals surface area contributed by atoms with Crippen molar-refractivity contribution in [3.8, 4) is 11.5 Å². The summed E-state index contributed by atoms with van der Waals surface area (Å²) < 4.78 is 11.2. The smallest absolute Gasteiger partial charge is 0.121 e. The number of nitrogens with one attached hydrogen (secondary N) is 1. The molecule has 148 valence electrons. The third-order valence-corrected chi connectivity index (χ3v) is 5.63. The van der Waals surface area contributed by atoms with Crippen molar-refractivity contribution in [1.82, 2.24) is 10.2 Å². The number of fused-ring (bicyclic) bond motifs is 1. The second-order valence-electron chi connectivity index (χ2n) is 7.42. The Morgan fingerprint density at radius 3 is 2.54 bits per heavy atom. The van der Waals surface area contributed by atoms with Gasteiger partial charge in [-0.2, -0.15) is 0 Å². The van der Waals surface area contributed by atoms with Gasteiger partial charge in [0.05, 0.1) is 18.5 Å². The Kier molecular flexibility index (Phi) is 5.93. The largest absolute Gasteiger partial charge is 0.497 e. The SMILES string of the molecule is CNCCOc1ccc(C2=Nc3cc(OC)ccc3C(N3CCCC3)C2)cc1. The molecule has 1 saturated heterocycles. The van der Waals surface area contributed by atoms with E-state index in [4.69, 9.17) is 14.5 Å². The lowest BCUT2D eigenvalue weighted by Crippen LogP contribution is -2.29. The molecular formula is C23H29N3O2. The van der Waals surface area contributed by atoms with E-state index in [9.17, 15) is 0 Å². The van der Waals surface area contributed by atoms with Gasteiger partial charge in [-0.15, -0.1) is 0 Å². The fourth-order valence-corrected chi connectivity index (χ4v) is 4.09. The Balaban J connectivity index is 1.61. The van der Waals surface area contributed by atoms with Crippen molar-refractivity contribution in [3.63, 3.8) is 0 Å². The van der Waals surface area contributed by atoms with Crippen LogP contribution in [0.3, 0.4) is 0 Å². The zero-order valence-electron chi connectivity index (χ0n) is 16.8. The summed E-state index contributed by atoms with van der Waals surface area (Å²) in [5.74, 6) is 1.76. The van der Waals surface area contributed by atoms with Crippen molar-refractivity contribution in [2.45, 2.75) is 25.3 Å². The standard InChI is InChI=1S/C23H29N3O2/c1-24-11-14-28-18-7-5-17(6-8-18)21-16-23(26-12-3-4-13-26)20-10-9-19(27-2)15-22(20)25-21/h5-10,15,23-24H,3-4,11-14,16H2,1-2H3. The highest BCUT2D eigenvalue weighted by Crippen LogP contribution is 2.41. The van der Waals surface area contributed by atoms with Crippen LogP contribution < -0.4 is 14.8 Å². The summed E-state index contributed by atoms with van der Waals surface area (Å²) >= 11 is 0. The molecule has 1 unspecified atom stereocenters. The van der Waals surface area contributed by atoms with E-state index in [-0.39, 0.29) is 0 Å². The lowest BCUT2D eigenvalue weighted by Gasteiger charge is -2.32. The summed E-state index contributed by atoms with van der Waals surface area (Å²) in [5.41, 5.74) is 4.66. The van der Waals surface area contributed by atoms with E-state index >= 15 is 0 Å². The molecule has 2 heterocycles. The Hall–Kier alpha value is -2.37. The molecular weight excluding hydrogens is 350 g/mol. The van der Waals surface area contributed by atoms with Crippen molar-refractivity contribution < 1.29 is 9.47 Å². The van der Waals surface area contributed by atoms with Crippen molar-refractivity contribution in [3.05, 3.63) is 53.6 Å². The molecule has 0 radical (unpaired) electrons. The first-order valence-electron chi connectivity index (χ1n) is 10.2. The quantitative estimate of drug-likeness (QED) is 0.740. The average molecular weight is 380 g/mol. The van der Waals surface area contributed by atoms with Crippen LogP contribution in [0.2, 0.25) is 0 Å². The molecule has 0 aromatic heterocycles. The van der Waals surface area contributed by atoms with E-state index in [0.717, 1.165) is 35.9 Å². The summed E-state index contributed by atoms with van der Waals surface area (Å²) in [6, 6.07) is 15.0. The maximum Gasteiger partial charge on any atom is 0.121 e. The highest BCUT2D eigenvalue weighted by Gasteiger charge is 2.30. The molecule has 2 aliphatic heterocycles. The van der Waals surface area contributed by atoms with E-state index in [0.29, 0.717) is 12.6 Å². The fraction of sp³-hybridized carbons (Fsp3) is 0.435. The third kappa shape index (κ3) is 4.05. The monoisotopic (exact) mass is 379 g/mol. The minimum absolute atomic E-state index is 0.391. The van der Waals surface area contributed by atoms with Gasteiger partial charge >= 0.3 is 0 Å². The van der Waals surface area contributed by atoms with Gasteiger partial charge in [-0.05, 0) is 74.4 Å². The van der Waals surface area contributed by atoms with Gasteiger partial charge in [0.25, 0.3) is 0 Å². The van der Waals surface area contributed by atoms with E-state index in [2.05, 4.69) is 40.5 Å². The number of likely N-dealkylation sites (tertiary alicyclic amines) is 1. The molecule has 4 rings (SSSR count). The normalized spacial score (nSPS) is 19.2. The molecule has 2 aromatic carbocycles. The highest BCUT2D eigenvalue weighted by atomic mass is 16.5. The molecule has 5 nitrogen and oxygen atoms in total. The van der Waals surface area contributed by atoms with Gasteiger partial charge in [0.2, 0.25) is 0 Å². The Morgan fingerprint density at radius 1 is 1.07 bits per heavy atom. The zero-order chi connectivity index (χ0) is 19.3. The Morgan fingerprint density at radius 2 is 1.82 bits per heavy atom. The first kappa shape index (κ1) is 19.0. The van der Waals surface area contributed by atoms with Crippen LogP contribution in [0.25, 0.3) is 0 Å². The van der Waals surface area contributed by atoms with Crippen molar-refractivity contribution >= 4 is 11.4 Å². The molecule has 1 N–H and O–H groups in total. The minimum Gasteiger partial charge on any atom is -0.497 e. The van der Waals surface area contributed by atoms with Crippen LogP contribution in [0.5, 0.6) is 11.5 Å². The molecule has 0 saturated carbocycles. The zero-order valence-corrected chi connectivity index (χ0v) is 16.8. The molecule has 1 atom stereocenters. The number of rotatable bonds is 7. The summed E-state index contributed by atoms with van der Waals surface area (Å²) in [4.78, 5) is 7.62. The highest BCUT2D eigenvalue weighted by molar-refractivity contribution is 6.04. The molecule has 0 aliphatic carbocycles. The molecule has 2 aliphatic rings. The Bertz CT molecular complexity index is 826. The molecule has 0 amide bonds. The number of hydrogen-bond acceptors (Lipinski definition) is 5. The lowest BCUT2D eigenvalue weighted by atomic mass is 9.91. The van der Waals surface area contributed by atoms with Crippen LogP contribution in [0.4, 0.5) is 5.69 Å². The van der Waals surface area contributed by atoms with Crippen LogP contribution in [0.1, 0.15) is 36.4 Å². The second kappa shape index (κ2) is 8.76. The van der Waals surface area contributed by atoms with E-state index in [1.165, 1.54) is 37.1 Å². The van der Waals surface area contributed by atoms with Gasteiger partial charge in [-0.1, -0.05) is 6.07 Å². The topological polar surface area (TPSA) is 46.1 Å². The van der Waals surface area contributed by atoms with Gasteiger partial charge in [-0.25, -0.2) is 0 Å². The number of methoxy groups -OCH3 is 1. The van der Waals surface area contributed by atoms with Crippen molar-refractivity contribution in [1.29, 1.82) is 0 Å². The lowest BCUT2D eigenvalue weighted by molar-refractivity contribution is 0.250. The second-order valence-corrected chi connectivity index (χ2v) is 7.42.